The number of aliphatic hydroxyl groups is 1. The van der Waals surface area contributed by atoms with Crippen molar-refractivity contribution in [2.24, 2.45) is 5.92 Å². The van der Waals surface area contributed by atoms with E-state index in [-0.39, 0.29) is 23.8 Å². The van der Waals surface area contributed by atoms with Crippen molar-refractivity contribution in [3.63, 3.8) is 0 Å². The summed E-state index contributed by atoms with van der Waals surface area (Å²) in [5.41, 5.74) is 0.683. The molecule has 1 N–H and O–H groups in total. The van der Waals surface area contributed by atoms with Gasteiger partial charge in [0.15, 0.2) is 11.5 Å². The third-order valence-electron chi connectivity index (χ3n) is 4.19. The summed E-state index contributed by atoms with van der Waals surface area (Å²) < 4.78 is 13.3. The van der Waals surface area contributed by atoms with Crippen LogP contribution in [-0.2, 0) is 16.1 Å². The zero-order valence-electron chi connectivity index (χ0n) is 13.9. The van der Waals surface area contributed by atoms with Gasteiger partial charge in [-0.2, -0.15) is 0 Å². The number of ketones is 1. The van der Waals surface area contributed by atoms with Gasteiger partial charge in [0, 0.05) is 10.8 Å². The van der Waals surface area contributed by atoms with Crippen LogP contribution in [0.2, 0.25) is 0 Å². The summed E-state index contributed by atoms with van der Waals surface area (Å²) in [4.78, 5) is 27.6. The lowest BCUT2D eigenvalue weighted by Crippen LogP contribution is -2.30. The number of Topliss-reactive ketones (excluding diaryl/α,β-unsaturated/α-hetero) is 1. The van der Waals surface area contributed by atoms with Crippen LogP contribution in [-0.4, -0.2) is 21.7 Å². The van der Waals surface area contributed by atoms with Crippen LogP contribution in [0.4, 0.5) is 4.39 Å². The van der Waals surface area contributed by atoms with Crippen LogP contribution in [0.1, 0.15) is 30.3 Å². The number of benzene rings is 1. The Hall–Kier alpha value is -2.47. The van der Waals surface area contributed by atoms with E-state index in [4.69, 9.17) is 0 Å². The molecule has 1 aromatic heterocycles. The Bertz CT molecular complexity index is 825. The summed E-state index contributed by atoms with van der Waals surface area (Å²) in [7, 11) is 0. The van der Waals surface area contributed by atoms with Crippen LogP contribution in [0.15, 0.2) is 53.1 Å². The fourth-order valence-electron chi connectivity index (χ4n) is 2.94. The highest BCUT2D eigenvalue weighted by Gasteiger charge is 2.43. The van der Waals surface area contributed by atoms with Gasteiger partial charge in [-0.3, -0.25) is 9.59 Å². The molecule has 130 valence electrons. The quantitative estimate of drug-likeness (QED) is 0.878. The predicted octanol–water partition coefficient (Wildman–Crippen LogP) is 4.01. The number of hydrogen-bond acceptors (Lipinski definition) is 4. The summed E-state index contributed by atoms with van der Waals surface area (Å²) in [6.07, 6.45) is 0. The number of rotatable bonds is 5. The minimum Gasteiger partial charge on any atom is -0.503 e. The van der Waals surface area contributed by atoms with Gasteiger partial charge >= 0.3 is 0 Å². The topological polar surface area (TPSA) is 57.6 Å². The van der Waals surface area contributed by atoms with Gasteiger partial charge < -0.3 is 10.0 Å². The maximum Gasteiger partial charge on any atom is 0.290 e. The zero-order chi connectivity index (χ0) is 18.1. The highest BCUT2D eigenvalue weighted by molar-refractivity contribution is 7.09. The molecule has 0 fully saturated rings. The van der Waals surface area contributed by atoms with E-state index < -0.39 is 23.5 Å². The SMILES string of the molecule is CC(C)C(=O)C1=C(O)C(=O)N(Cc2cccs2)C1c1ccc(F)cc1. The highest BCUT2D eigenvalue weighted by Crippen LogP contribution is 2.40. The Morgan fingerprint density at radius 2 is 1.96 bits per heavy atom. The predicted molar refractivity (Wildman–Crippen MR) is 93.5 cm³/mol. The van der Waals surface area contributed by atoms with E-state index in [9.17, 15) is 19.1 Å². The monoisotopic (exact) mass is 359 g/mol. The maximum absolute atomic E-state index is 13.3. The molecule has 3 rings (SSSR count). The summed E-state index contributed by atoms with van der Waals surface area (Å²) in [5, 5.41) is 12.3. The molecule has 1 unspecified atom stereocenters. The van der Waals surface area contributed by atoms with Crippen molar-refractivity contribution >= 4 is 23.0 Å². The molecule has 1 amide bonds. The smallest absolute Gasteiger partial charge is 0.290 e. The Morgan fingerprint density at radius 3 is 2.52 bits per heavy atom. The minimum atomic E-state index is -0.718. The average Bonchev–Trinajstić information content (AvgIpc) is 3.17. The van der Waals surface area contributed by atoms with Crippen LogP contribution in [0, 0.1) is 11.7 Å². The molecule has 0 aliphatic carbocycles. The van der Waals surface area contributed by atoms with Crippen molar-refractivity contribution in [1.82, 2.24) is 4.90 Å². The van der Waals surface area contributed by atoms with Crippen molar-refractivity contribution < 1.29 is 19.1 Å². The second kappa shape index (κ2) is 6.80. The van der Waals surface area contributed by atoms with Gasteiger partial charge in [-0.15, -0.1) is 11.3 Å². The first-order valence-corrected chi connectivity index (χ1v) is 8.84. The molecular weight excluding hydrogens is 341 g/mol. The number of thiophene rings is 1. The van der Waals surface area contributed by atoms with E-state index in [1.165, 1.54) is 28.4 Å². The Balaban J connectivity index is 2.07. The van der Waals surface area contributed by atoms with Crippen molar-refractivity contribution in [1.29, 1.82) is 0 Å². The molecule has 2 aromatic rings. The van der Waals surface area contributed by atoms with E-state index >= 15 is 0 Å². The van der Waals surface area contributed by atoms with E-state index in [1.807, 2.05) is 17.5 Å². The maximum atomic E-state index is 13.3. The van der Waals surface area contributed by atoms with Crippen LogP contribution in [0.25, 0.3) is 0 Å². The first-order valence-electron chi connectivity index (χ1n) is 7.96. The minimum absolute atomic E-state index is 0.0863. The molecule has 6 heteroatoms. The second-order valence-electron chi connectivity index (χ2n) is 6.25. The van der Waals surface area contributed by atoms with E-state index in [0.717, 1.165) is 4.88 Å². The van der Waals surface area contributed by atoms with Crippen molar-refractivity contribution in [2.75, 3.05) is 0 Å². The van der Waals surface area contributed by atoms with Gasteiger partial charge in [0.25, 0.3) is 5.91 Å². The Labute approximate surface area is 149 Å². The lowest BCUT2D eigenvalue weighted by atomic mass is 9.91. The molecule has 1 aliphatic rings. The fraction of sp³-hybridized carbons (Fsp3) is 0.263. The molecule has 25 heavy (non-hydrogen) atoms. The molecule has 2 heterocycles. The van der Waals surface area contributed by atoms with Crippen LogP contribution in [0.3, 0.4) is 0 Å². The van der Waals surface area contributed by atoms with E-state index in [2.05, 4.69) is 0 Å². The van der Waals surface area contributed by atoms with E-state index in [1.54, 1.807) is 26.0 Å². The first-order chi connectivity index (χ1) is 11.9. The molecule has 1 atom stereocenters. The lowest BCUT2D eigenvalue weighted by Gasteiger charge is -2.27. The number of halogens is 1. The van der Waals surface area contributed by atoms with Gasteiger partial charge in [-0.05, 0) is 29.1 Å². The first kappa shape index (κ1) is 17.4. The molecule has 1 aromatic carbocycles. The van der Waals surface area contributed by atoms with Crippen molar-refractivity contribution in [3.05, 3.63) is 69.4 Å². The molecule has 1 aliphatic heterocycles. The van der Waals surface area contributed by atoms with Gasteiger partial charge in [0.05, 0.1) is 18.2 Å². The van der Waals surface area contributed by atoms with Crippen LogP contribution < -0.4 is 0 Å². The van der Waals surface area contributed by atoms with Crippen molar-refractivity contribution in [2.45, 2.75) is 26.4 Å². The summed E-state index contributed by atoms with van der Waals surface area (Å²) in [6, 6.07) is 8.71. The highest BCUT2D eigenvalue weighted by atomic mass is 32.1. The Kier molecular flexibility index (Phi) is 4.72. The van der Waals surface area contributed by atoms with Crippen LogP contribution in [0.5, 0.6) is 0 Å². The molecule has 0 saturated carbocycles. The average molecular weight is 359 g/mol. The second-order valence-corrected chi connectivity index (χ2v) is 7.28. The largest absolute Gasteiger partial charge is 0.503 e. The Morgan fingerprint density at radius 1 is 1.28 bits per heavy atom. The third kappa shape index (κ3) is 3.22. The number of aliphatic hydroxyl groups excluding tert-OH is 1. The summed E-state index contributed by atoms with van der Waals surface area (Å²) >= 11 is 1.49. The number of carbonyl (C=O) groups is 2. The van der Waals surface area contributed by atoms with E-state index in [0.29, 0.717) is 5.56 Å². The van der Waals surface area contributed by atoms with Gasteiger partial charge in [0.1, 0.15) is 5.82 Å². The zero-order valence-corrected chi connectivity index (χ0v) is 14.7. The molecule has 0 saturated heterocycles. The van der Waals surface area contributed by atoms with Gasteiger partial charge in [0.2, 0.25) is 0 Å². The normalized spacial score (nSPS) is 17.7. The summed E-state index contributed by atoms with van der Waals surface area (Å²) in [6.45, 7) is 3.71. The lowest BCUT2D eigenvalue weighted by molar-refractivity contribution is -0.130. The molecule has 4 nitrogen and oxygen atoms in total. The fourth-order valence-corrected chi connectivity index (χ4v) is 3.64. The van der Waals surface area contributed by atoms with Gasteiger partial charge in [-0.25, -0.2) is 4.39 Å². The molecular formula is C19H18FNO3S. The van der Waals surface area contributed by atoms with Crippen LogP contribution >= 0.6 is 11.3 Å². The standard InChI is InChI=1S/C19H18FNO3S/c1-11(2)17(22)15-16(12-5-7-13(20)8-6-12)21(19(24)18(15)23)10-14-4-3-9-25-14/h3-9,11,16,23H,10H2,1-2H3. The number of hydrogen-bond donors (Lipinski definition) is 1. The summed E-state index contributed by atoms with van der Waals surface area (Å²) in [5.74, 6) is -2.14. The molecule has 0 bridgehead atoms. The third-order valence-corrected chi connectivity index (χ3v) is 5.05. The van der Waals surface area contributed by atoms with Gasteiger partial charge in [-0.1, -0.05) is 32.0 Å². The number of amides is 1. The number of carbonyl (C=O) groups excluding carboxylic acids is 2. The molecule has 0 radical (unpaired) electrons. The molecule has 0 spiro atoms. The number of nitrogens with zero attached hydrogens (tertiary/aromatic N) is 1. The van der Waals surface area contributed by atoms with Crippen molar-refractivity contribution in [3.8, 4) is 0 Å².